The van der Waals surface area contributed by atoms with Crippen LogP contribution in [0.15, 0.2) is 36.5 Å². The molecule has 0 aliphatic carbocycles. The van der Waals surface area contributed by atoms with Gasteiger partial charge in [0.2, 0.25) is 11.8 Å². The average molecular weight is 523 g/mol. The number of carbonyl (C=O) groups excluding carboxylic acids is 3. The maximum Gasteiger partial charge on any atom is 0.252 e. The maximum atomic E-state index is 12.4. The average Bonchev–Trinajstić information content (AvgIpc) is 2.87. The number of pyridine rings is 1. The molecule has 3 rings (SSSR count). The van der Waals surface area contributed by atoms with Crippen LogP contribution < -0.4 is 37.3 Å². The zero-order chi connectivity index (χ0) is 27.8. The summed E-state index contributed by atoms with van der Waals surface area (Å²) in [6.07, 6.45) is 1.86. The molecule has 0 unspecified atom stereocenters. The molecule has 3 aromatic rings. The van der Waals surface area contributed by atoms with Crippen LogP contribution in [0.1, 0.15) is 48.7 Å². The molecule has 0 saturated carbocycles. The van der Waals surface area contributed by atoms with Gasteiger partial charge in [-0.1, -0.05) is 19.1 Å². The number of aromatic nitrogens is 1. The predicted octanol–water partition coefficient (Wildman–Crippen LogP) is 2.26. The van der Waals surface area contributed by atoms with Gasteiger partial charge in [-0.25, -0.2) is 0 Å². The quantitative estimate of drug-likeness (QED) is 0.213. The Balaban J connectivity index is 2.08. The Bertz CT molecular complexity index is 1340. The van der Waals surface area contributed by atoms with Crippen molar-refractivity contribution in [1.82, 2.24) is 10.3 Å². The molecule has 202 valence electrons. The molecule has 0 aliphatic heterocycles. The van der Waals surface area contributed by atoms with Crippen LogP contribution in [0.3, 0.4) is 0 Å². The van der Waals surface area contributed by atoms with E-state index in [1.54, 1.807) is 12.1 Å². The summed E-state index contributed by atoms with van der Waals surface area (Å²) in [7, 11) is 0. The summed E-state index contributed by atoms with van der Waals surface area (Å²) in [4.78, 5) is 39.9. The summed E-state index contributed by atoms with van der Waals surface area (Å²) in [6.45, 7) is 6.88. The molecule has 1 aromatic heterocycles. The highest BCUT2D eigenvalue weighted by Gasteiger charge is 2.20. The summed E-state index contributed by atoms with van der Waals surface area (Å²) in [5.41, 5.74) is 20.2. The van der Waals surface area contributed by atoms with E-state index in [9.17, 15) is 14.4 Å². The topological polar surface area (TPSA) is 185 Å². The third-order valence-electron chi connectivity index (χ3n) is 5.97. The number of hydrogen-bond donors (Lipinski definition) is 5. The highest BCUT2D eigenvalue weighted by atomic mass is 16.5. The molecule has 0 fully saturated rings. The molecule has 0 aliphatic rings. The van der Waals surface area contributed by atoms with E-state index in [0.29, 0.717) is 47.7 Å². The Morgan fingerprint density at radius 3 is 2.26 bits per heavy atom. The molecule has 1 atom stereocenters. The lowest BCUT2D eigenvalue weighted by Gasteiger charge is -2.20. The lowest BCUT2D eigenvalue weighted by molar-refractivity contribution is -0.125. The highest BCUT2D eigenvalue weighted by molar-refractivity contribution is 6.08. The summed E-state index contributed by atoms with van der Waals surface area (Å²) in [6, 6.07) is 8.29. The molecule has 0 saturated heterocycles. The lowest BCUT2D eigenvalue weighted by Crippen LogP contribution is -2.43. The van der Waals surface area contributed by atoms with Gasteiger partial charge < -0.3 is 37.3 Å². The van der Waals surface area contributed by atoms with Crippen LogP contribution in [-0.4, -0.2) is 42.0 Å². The molecule has 11 nitrogen and oxygen atoms in total. The van der Waals surface area contributed by atoms with Gasteiger partial charge in [0.25, 0.3) is 5.91 Å². The van der Waals surface area contributed by atoms with Crippen molar-refractivity contribution in [3.05, 3.63) is 53.2 Å². The Morgan fingerprint density at radius 2 is 1.68 bits per heavy atom. The van der Waals surface area contributed by atoms with Crippen molar-refractivity contribution in [2.75, 3.05) is 18.5 Å². The zero-order valence-corrected chi connectivity index (χ0v) is 21.8. The summed E-state index contributed by atoms with van der Waals surface area (Å²) in [5.74, 6) is -0.861. The number of rotatable bonds is 14. The molecule has 1 heterocycles. The normalized spacial score (nSPS) is 11.7. The number of fused-ring (bicyclic) bond motifs is 1. The first kappa shape index (κ1) is 28.2. The SMILES string of the molecule is CCOc1cc2ncc(C(N)=O)c(Nc3cccc(CN[C@@H](CC(N)=O)C(N)=O)c3CC)c2cc1OCC. The van der Waals surface area contributed by atoms with Gasteiger partial charge in [0.1, 0.15) is 0 Å². The number of carbonyl (C=O) groups is 3. The van der Waals surface area contributed by atoms with Crippen LogP contribution in [0.4, 0.5) is 11.4 Å². The van der Waals surface area contributed by atoms with Crippen molar-refractivity contribution in [3.8, 4) is 11.5 Å². The van der Waals surface area contributed by atoms with Crippen molar-refractivity contribution >= 4 is 40.0 Å². The lowest BCUT2D eigenvalue weighted by atomic mass is 10.0. The minimum absolute atomic E-state index is 0.203. The highest BCUT2D eigenvalue weighted by Crippen LogP contribution is 2.38. The van der Waals surface area contributed by atoms with E-state index in [2.05, 4.69) is 15.6 Å². The molecule has 0 bridgehead atoms. The molecule has 38 heavy (non-hydrogen) atoms. The van der Waals surface area contributed by atoms with Gasteiger partial charge in [-0.15, -0.1) is 0 Å². The minimum Gasteiger partial charge on any atom is -0.490 e. The number of anilines is 2. The van der Waals surface area contributed by atoms with E-state index in [-0.39, 0.29) is 18.5 Å². The third kappa shape index (κ3) is 6.48. The van der Waals surface area contributed by atoms with Crippen LogP contribution in [-0.2, 0) is 22.6 Å². The fourth-order valence-corrected chi connectivity index (χ4v) is 4.24. The van der Waals surface area contributed by atoms with Gasteiger partial charge in [0.15, 0.2) is 11.5 Å². The first-order valence-electron chi connectivity index (χ1n) is 12.4. The number of nitrogens with two attached hydrogens (primary N) is 3. The van der Waals surface area contributed by atoms with E-state index in [0.717, 1.165) is 16.8 Å². The Labute approximate surface area is 221 Å². The predicted molar refractivity (Wildman–Crippen MR) is 145 cm³/mol. The molecular weight excluding hydrogens is 488 g/mol. The van der Waals surface area contributed by atoms with Crippen LogP contribution in [0, 0.1) is 0 Å². The Morgan fingerprint density at radius 1 is 1.00 bits per heavy atom. The number of benzene rings is 2. The first-order valence-corrected chi connectivity index (χ1v) is 12.4. The number of hydrogen-bond acceptors (Lipinski definition) is 8. The number of amides is 3. The van der Waals surface area contributed by atoms with Gasteiger partial charge >= 0.3 is 0 Å². The van der Waals surface area contributed by atoms with Crippen molar-refractivity contribution in [1.29, 1.82) is 0 Å². The number of primary amides is 3. The second kappa shape index (κ2) is 12.7. The zero-order valence-electron chi connectivity index (χ0n) is 21.8. The van der Waals surface area contributed by atoms with Crippen molar-refractivity contribution < 1.29 is 23.9 Å². The minimum atomic E-state index is -0.893. The fraction of sp³-hybridized carbons (Fsp3) is 0.333. The van der Waals surface area contributed by atoms with Crippen LogP contribution >= 0.6 is 0 Å². The van der Waals surface area contributed by atoms with E-state index >= 15 is 0 Å². The number of nitrogens with zero attached hydrogens (tertiary/aromatic N) is 1. The van der Waals surface area contributed by atoms with Crippen molar-refractivity contribution in [2.45, 2.75) is 46.2 Å². The molecule has 2 aromatic carbocycles. The summed E-state index contributed by atoms with van der Waals surface area (Å²) >= 11 is 0. The van der Waals surface area contributed by atoms with Gasteiger partial charge in [-0.3, -0.25) is 19.4 Å². The van der Waals surface area contributed by atoms with E-state index in [4.69, 9.17) is 26.7 Å². The van der Waals surface area contributed by atoms with Gasteiger partial charge in [-0.05, 0) is 43.5 Å². The molecule has 8 N–H and O–H groups in total. The number of ether oxygens (including phenoxy) is 2. The van der Waals surface area contributed by atoms with Gasteiger partial charge in [0.05, 0.1) is 42.4 Å². The molecule has 0 radical (unpaired) electrons. The maximum absolute atomic E-state index is 12.4. The molecule has 3 amide bonds. The Kier molecular flexibility index (Phi) is 9.44. The third-order valence-corrected chi connectivity index (χ3v) is 5.97. The smallest absolute Gasteiger partial charge is 0.252 e. The number of nitrogens with one attached hydrogen (secondary N) is 2. The van der Waals surface area contributed by atoms with E-state index < -0.39 is 23.8 Å². The second-order valence-corrected chi connectivity index (χ2v) is 8.52. The van der Waals surface area contributed by atoms with Crippen molar-refractivity contribution in [2.24, 2.45) is 17.2 Å². The van der Waals surface area contributed by atoms with E-state index in [1.807, 2.05) is 39.0 Å². The summed E-state index contributed by atoms with van der Waals surface area (Å²) in [5, 5.41) is 7.04. The monoisotopic (exact) mass is 522 g/mol. The second-order valence-electron chi connectivity index (χ2n) is 8.52. The largest absolute Gasteiger partial charge is 0.490 e. The molecule has 0 spiro atoms. The Hall–Kier alpha value is -4.38. The van der Waals surface area contributed by atoms with Crippen LogP contribution in [0.25, 0.3) is 10.9 Å². The van der Waals surface area contributed by atoms with Gasteiger partial charge in [0, 0.05) is 29.9 Å². The molecule has 11 heteroatoms. The standard InChI is InChI=1S/C27H34N6O5/c1-4-16-15(13-31-21(27(30)36)12-24(28)34)8-7-9-19(16)33-25-17-10-22(37-5-2)23(38-6-3)11-20(17)32-14-18(25)26(29)35/h7-11,14,21,31H,4-6,12-13H2,1-3H3,(H2,28,34)(H2,29,35)(H2,30,36)(H,32,33)/t21-/m0/s1. The van der Waals surface area contributed by atoms with E-state index in [1.165, 1.54) is 6.20 Å². The first-order chi connectivity index (χ1) is 18.2. The van der Waals surface area contributed by atoms with Crippen LogP contribution in [0.2, 0.25) is 0 Å². The van der Waals surface area contributed by atoms with Crippen molar-refractivity contribution in [3.63, 3.8) is 0 Å². The van der Waals surface area contributed by atoms with Gasteiger partial charge in [-0.2, -0.15) is 0 Å². The summed E-state index contributed by atoms with van der Waals surface area (Å²) < 4.78 is 11.5. The fourth-order valence-electron chi connectivity index (χ4n) is 4.24. The molecular formula is C27H34N6O5. The van der Waals surface area contributed by atoms with Crippen LogP contribution in [0.5, 0.6) is 11.5 Å².